The maximum Gasteiger partial charge on any atom is 0.352 e. The number of nitrogens with two attached hydrogens (primary N) is 1. The zero-order valence-corrected chi connectivity index (χ0v) is 12.1. The third-order valence-electron chi connectivity index (χ3n) is 3.03. The van der Waals surface area contributed by atoms with Crippen LogP contribution in [0.5, 0.6) is 0 Å². The number of nitrogens with zero attached hydrogens (tertiary/aromatic N) is 3. The number of aromatic nitrogens is 2. The van der Waals surface area contributed by atoms with Crippen molar-refractivity contribution in [3.63, 3.8) is 0 Å². The fraction of sp³-hybridized carbons (Fsp3) is 0.692. The summed E-state index contributed by atoms with van der Waals surface area (Å²) in [7, 11) is 0. The van der Waals surface area contributed by atoms with Crippen molar-refractivity contribution in [1.29, 1.82) is 0 Å². The summed E-state index contributed by atoms with van der Waals surface area (Å²) >= 11 is 0. The minimum Gasteiger partial charge on any atom is -0.378 e. The van der Waals surface area contributed by atoms with E-state index in [1.807, 2.05) is 0 Å². The van der Waals surface area contributed by atoms with Crippen LogP contribution >= 0.6 is 0 Å². The zero-order chi connectivity index (χ0) is 15.0. The summed E-state index contributed by atoms with van der Waals surface area (Å²) in [5.74, 6) is 0.842. The molecule has 0 amide bonds. The molecule has 112 valence electrons. The lowest BCUT2D eigenvalue weighted by Crippen LogP contribution is -2.09. The van der Waals surface area contributed by atoms with Gasteiger partial charge in [-0.3, -0.25) is 10.1 Å². The lowest BCUT2D eigenvalue weighted by atomic mass is 10.0. The summed E-state index contributed by atoms with van der Waals surface area (Å²) in [5, 5.41) is 13.8. The second-order valence-electron chi connectivity index (χ2n) is 5.24. The van der Waals surface area contributed by atoms with Gasteiger partial charge in [-0.05, 0) is 12.3 Å². The van der Waals surface area contributed by atoms with Gasteiger partial charge in [0.1, 0.15) is 6.33 Å². The lowest BCUT2D eigenvalue weighted by molar-refractivity contribution is -0.383. The Balaban J connectivity index is 2.32. The molecule has 0 aliphatic carbocycles. The van der Waals surface area contributed by atoms with Gasteiger partial charge in [0.15, 0.2) is 0 Å². The van der Waals surface area contributed by atoms with E-state index >= 15 is 0 Å². The van der Waals surface area contributed by atoms with E-state index in [1.54, 1.807) is 0 Å². The number of hydrogen-bond donors (Lipinski definition) is 2. The first-order chi connectivity index (χ1) is 9.52. The number of rotatable bonds is 9. The molecule has 1 heterocycles. The Morgan fingerprint density at radius 2 is 2.00 bits per heavy atom. The van der Waals surface area contributed by atoms with Gasteiger partial charge in [-0.25, -0.2) is 9.97 Å². The molecule has 1 aromatic heterocycles. The van der Waals surface area contributed by atoms with Crippen LogP contribution in [-0.4, -0.2) is 21.4 Å². The van der Waals surface area contributed by atoms with Crippen LogP contribution in [-0.2, 0) is 0 Å². The monoisotopic (exact) mass is 281 g/mol. The van der Waals surface area contributed by atoms with E-state index in [0.29, 0.717) is 6.54 Å². The molecule has 0 unspecified atom stereocenters. The predicted molar refractivity (Wildman–Crippen MR) is 79.5 cm³/mol. The number of nitrogens with one attached hydrogen (secondary N) is 1. The fourth-order valence-corrected chi connectivity index (χ4v) is 1.94. The maximum absolute atomic E-state index is 10.9. The van der Waals surface area contributed by atoms with Gasteiger partial charge in [0.2, 0.25) is 11.6 Å². The Morgan fingerprint density at radius 1 is 1.30 bits per heavy atom. The molecule has 3 N–H and O–H groups in total. The average molecular weight is 281 g/mol. The number of nitro groups is 1. The van der Waals surface area contributed by atoms with E-state index in [9.17, 15) is 10.1 Å². The molecule has 7 nitrogen and oxygen atoms in total. The van der Waals surface area contributed by atoms with Crippen molar-refractivity contribution in [1.82, 2.24) is 9.97 Å². The minimum absolute atomic E-state index is 0.107. The van der Waals surface area contributed by atoms with Crippen LogP contribution in [0.4, 0.5) is 17.3 Å². The molecule has 0 radical (unpaired) electrons. The second kappa shape index (κ2) is 8.29. The van der Waals surface area contributed by atoms with E-state index in [1.165, 1.54) is 25.6 Å². The summed E-state index contributed by atoms with van der Waals surface area (Å²) in [6.07, 6.45) is 6.97. The van der Waals surface area contributed by atoms with Crippen molar-refractivity contribution in [2.75, 3.05) is 17.6 Å². The first-order valence-corrected chi connectivity index (χ1v) is 7.01. The largest absolute Gasteiger partial charge is 0.378 e. The highest BCUT2D eigenvalue weighted by atomic mass is 16.6. The number of anilines is 2. The smallest absolute Gasteiger partial charge is 0.352 e. The Labute approximate surface area is 119 Å². The zero-order valence-electron chi connectivity index (χ0n) is 12.1. The van der Waals surface area contributed by atoms with Gasteiger partial charge < -0.3 is 11.1 Å². The Hall–Kier alpha value is -1.92. The molecular formula is C13H23N5O2. The molecule has 0 aliphatic heterocycles. The van der Waals surface area contributed by atoms with Gasteiger partial charge in [0, 0.05) is 6.54 Å². The van der Waals surface area contributed by atoms with Crippen molar-refractivity contribution >= 4 is 17.3 Å². The summed E-state index contributed by atoms with van der Waals surface area (Å²) in [4.78, 5) is 17.8. The quantitative estimate of drug-likeness (QED) is 0.409. The van der Waals surface area contributed by atoms with Crippen LogP contribution in [0, 0.1) is 16.0 Å². The maximum atomic E-state index is 10.9. The molecule has 0 aliphatic rings. The number of hydrogen-bond acceptors (Lipinski definition) is 6. The van der Waals surface area contributed by atoms with Gasteiger partial charge in [-0.15, -0.1) is 0 Å². The highest BCUT2D eigenvalue weighted by Crippen LogP contribution is 2.26. The topological polar surface area (TPSA) is 107 Å². The van der Waals surface area contributed by atoms with Gasteiger partial charge in [-0.1, -0.05) is 39.5 Å². The first kappa shape index (κ1) is 16.1. The van der Waals surface area contributed by atoms with Gasteiger partial charge in [0.25, 0.3) is 0 Å². The fourth-order valence-electron chi connectivity index (χ4n) is 1.94. The summed E-state index contributed by atoms with van der Waals surface area (Å²) in [6, 6.07) is 0. The predicted octanol–water partition coefficient (Wildman–Crippen LogP) is 2.99. The molecule has 1 aromatic rings. The summed E-state index contributed by atoms with van der Waals surface area (Å²) < 4.78 is 0. The third kappa shape index (κ3) is 5.38. The van der Waals surface area contributed by atoms with Crippen molar-refractivity contribution in [2.24, 2.45) is 5.92 Å². The van der Waals surface area contributed by atoms with E-state index in [-0.39, 0.29) is 17.3 Å². The normalized spacial score (nSPS) is 10.8. The molecule has 0 bridgehead atoms. The Bertz CT molecular complexity index is 437. The average Bonchev–Trinajstić information content (AvgIpc) is 2.36. The van der Waals surface area contributed by atoms with Crippen LogP contribution in [0.2, 0.25) is 0 Å². The molecule has 0 fully saturated rings. The third-order valence-corrected chi connectivity index (χ3v) is 3.03. The molecule has 0 saturated carbocycles. The molecule has 1 rings (SSSR count). The number of unbranched alkanes of at least 4 members (excludes halogenated alkanes) is 3. The molecule has 20 heavy (non-hydrogen) atoms. The van der Waals surface area contributed by atoms with E-state index < -0.39 is 4.92 Å². The minimum atomic E-state index is -0.555. The standard InChI is InChI=1S/C13H23N5O2/c1-10(2)7-5-3-4-6-8-15-13-11(18(19)20)12(14)16-9-17-13/h9-10H,3-8H2,1-2H3,(H3,14,15,16,17). The lowest BCUT2D eigenvalue weighted by Gasteiger charge is -2.07. The van der Waals surface area contributed by atoms with Crippen LogP contribution in [0.3, 0.4) is 0 Å². The van der Waals surface area contributed by atoms with Crippen molar-refractivity contribution in [2.45, 2.75) is 46.0 Å². The van der Waals surface area contributed by atoms with Crippen molar-refractivity contribution < 1.29 is 4.92 Å². The Morgan fingerprint density at radius 3 is 2.65 bits per heavy atom. The molecule has 0 saturated heterocycles. The van der Waals surface area contributed by atoms with E-state index in [4.69, 9.17) is 5.73 Å². The molecule has 0 atom stereocenters. The Kier molecular flexibility index (Phi) is 6.69. The van der Waals surface area contributed by atoms with Crippen LogP contribution < -0.4 is 11.1 Å². The van der Waals surface area contributed by atoms with Crippen LogP contribution in [0.1, 0.15) is 46.0 Å². The first-order valence-electron chi connectivity index (χ1n) is 7.01. The second-order valence-corrected chi connectivity index (χ2v) is 5.24. The summed E-state index contributed by atoms with van der Waals surface area (Å²) in [5.41, 5.74) is 5.24. The molecular weight excluding hydrogens is 258 g/mol. The van der Waals surface area contributed by atoms with Gasteiger partial charge in [0.05, 0.1) is 4.92 Å². The molecule has 7 heteroatoms. The molecule has 0 spiro atoms. The highest BCUT2D eigenvalue weighted by molar-refractivity contribution is 5.67. The number of nitrogen functional groups attached to an aromatic ring is 1. The van der Waals surface area contributed by atoms with Gasteiger partial charge in [-0.2, -0.15) is 0 Å². The summed E-state index contributed by atoms with van der Waals surface area (Å²) in [6.45, 7) is 5.10. The molecule has 0 aromatic carbocycles. The van der Waals surface area contributed by atoms with Gasteiger partial charge >= 0.3 is 5.69 Å². The van der Waals surface area contributed by atoms with Crippen LogP contribution in [0.15, 0.2) is 6.33 Å². The highest BCUT2D eigenvalue weighted by Gasteiger charge is 2.20. The van der Waals surface area contributed by atoms with Crippen molar-refractivity contribution in [3.8, 4) is 0 Å². The van der Waals surface area contributed by atoms with Crippen molar-refractivity contribution in [3.05, 3.63) is 16.4 Å². The SMILES string of the molecule is CC(C)CCCCCCNc1ncnc(N)c1[N+](=O)[O-]. The van der Waals surface area contributed by atoms with E-state index in [0.717, 1.165) is 18.8 Å². The van der Waals surface area contributed by atoms with E-state index in [2.05, 4.69) is 29.1 Å². The van der Waals surface area contributed by atoms with Crippen LogP contribution in [0.25, 0.3) is 0 Å².